The Labute approximate surface area is 150 Å². The smallest absolute Gasteiger partial charge is 0.144 e. The van der Waals surface area contributed by atoms with Crippen LogP contribution in [0.25, 0.3) is 17.1 Å². The molecule has 0 aliphatic rings. The minimum atomic E-state index is 0.800. The van der Waals surface area contributed by atoms with Crippen LogP contribution in [0.2, 0.25) is 0 Å². The summed E-state index contributed by atoms with van der Waals surface area (Å²) in [4.78, 5) is 4.55. The molecule has 0 atom stereocenters. The molecule has 3 rings (SSSR count). The third-order valence-corrected chi connectivity index (χ3v) is 4.61. The number of nitrogens with zero attached hydrogens (tertiary/aromatic N) is 2. The number of hydrogen-bond acceptors (Lipinski definition) is 3. The molecule has 1 aromatic heterocycles. The van der Waals surface area contributed by atoms with Gasteiger partial charge in [0.25, 0.3) is 0 Å². The van der Waals surface area contributed by atoms with Gasteiger partial charge in [0.1, 0.15) is 17.3 Å². The Hall–Kier alpha value is -2.27. The fraction of sp³-hybridized carbons (Fsp3) is 0.211. The maximum atomic E-state index is 5.36. The first-order valence-corrected chi connectivity index (χ1v) is 8.37. The van der Waals surface area contributed by atoms with Gasteiger partial charge in [-0.25, -0.2) is 4.98 Å². The number of benzene rings is 2. The molecule has 3 aromatic rings. The molecule has 124 valence electrons. The van der Waals surface area contributed by atoms with E-state index in [2.05, 4.69) is 39.3 Å². The van der Waals surface area contributed by atoms with E-state index in [9.17, 15) is 0 Å². The summed E-state index contributed by atoms with van der Waals surface area (Å²) >= 11 is 3.54. The van der Waals surface area contributed by atoms with Gasteiger partial charge in [0.2, 0.25) is 0 Å². The van der Waals surface area contributed by atoms with Crippen LogP contribution >= 0.6 is 15.9 Å². The van der Waals surface area contributed by atoms with Crippen LogP contribution in [-0.4, -0.2) is 23.8 Å². The van der Waals surface area contributed by atoms with E-state index in [1.807, 2.05) is 42.7 Å². The quantitative estimate of drug-likeness (QED) is 0.637. The minimum Gasteiger partial charge on any atom is -0.497 e. The zero-order valence-electron chi connectivity index (χ0n) is 14.1. The van der Waals surface area contributed by atoms with E-state index in [4.69, 9.17) is 9.47 Å². The molecule has 0 N–H and O–H groups in total. The lowest BCUT2D eigenvalue weighted by Gasteiger charge is -2.16. The van der Waals surface area contributed by atoms with E-state index in [0.29, 0.717) is 0 Å². The van der Waals surface area contributed by atoms with E-state index in [0.717, 1.165) is 44.2 Å². The summed E-state index contributed by atoms with van der Waals surface area (Å²) < 4.78 is 13.7. The van der Waals surface area contributed by atoms with Gasteiger partial charge < -0.3 is 9.47 Å². The van der Waals surface area contributed by atoms with E-state index in [1.165, 1.54) is 0 Å². The normalized spacial score (nSPS) is 10.7. The summed E-state index contributed by atoms with van der Waals surface area (Å²) in [6.45, 7) is 4.16. The predicted octanol–water partition coefficient (Wildman–Crippen LogP) is 4.94. The van der Waals surface area contributed by atoms with Crippen molar-refractivity contribution in [3.05, 3.63) is 58.3 Å². The lowest BCUT2D eigenvalue weighted by atomic mass is 10.1. The molecule has 0 aliphatic carbocycles. The van der Waals surface area contributed by atoms with Crippen LogP contribution in [-0.2, 0) is 0 Å². The number of methoxy groups -OCH3 is 2. The van der Waals surface area contributed by atoms with Crippen LogP contribution in [0, 0.1) is 13.8 Å². The van der Waals surface area contributed by atoms with E-state index in [1.54, 1.807) is 14.2 Å². The number of aromatic nitrogens is 2. The number of ether oxygens (including phenoxy) is 2. The summed E-state index contributed by atoms with van der Waals surface area (Å²) in [5, 5.41) is 0. The van der Waals surface area contributed by atoms with Crippen LogP contribution in [0.1, 0.15) is 11.1 Å². The summed E-state index contributed by atoms with van der Waals surface area (Å²) in [6, 6.07) is 10.0. The van der Waals surface area contributed by atoms with Crippen molar-refractivity contribution < 1.29 is 9.47 Å². The molecule has 4 nitrogen and oxygen atoms in total. The average Bonchev–Trinajstić information content (AvgIpc) is 3.03. The molecule has 0 amide bonds. The largest absolute Gasteiger partial charge is 0.497 e. The van der Waals surface area contributed by atoms with Gasteiger partial charge >= 0.3 is 0 Å². The Balaban J connectivity index is 2.14. The molecule has 2 aromatic carbocycles. The molecule has 1 heterocycles. The number of imidazole rings is 1. The first kappa shape index (κ1) is 16.6. The lowest BCUT2D eigenvalue weighted by Crippen LogP contribution is -2.02. The van der Waals surface area contributed by atoms with Crippen molar-refractivity contribution in [2.75, 3.05) is 14.2 Å². The minimum absolute atomic E-state index is 0.800. The third kappa shape index (κ3) is 2.91. The Morgan fingerprint density at radius 3 is 2.29 bits per heavy atom. The lowest BCUT2D eigenvalue weighted by molar-refractivity contribution is 0.412. The fourth-order valence-electron chi connectivity index (χ4n) is 2.92. The van der Waals surface area contributed by atoms with Gasteiger partial charge in [-0.15, -0.1) is 0 Å². The zero-order valence-corrected chi connectivity index (χ0v) is 15.7. The number of rotatable bonds is 4. The summed E-state index contributed by atoms with van der Waals surface area (Å²) in [7, 11) is 3.34. The molecule has 24 heavy (non-hydrogen) atoms. The Bertz CT molecular complexity index is 864. The number of halogens is 1. The van der Waals surface area contributed by atoms with Gasteiger partial charge in [-0.2, -0.15) is 0 Å². The van der Waals surface area contributed by atoms with Gasteiger partial charge in [0, 0.05) is 18.0 Å². The second-order valence-corrected chi connectivity index (χ2v) is 6.43. The van der Waals surface area contributed by atoms with Crippen LogP contribution in [0.5, 0.6) is 11.5 Å². The van der Waals surface area contributed by atoms with Gasteiger partial charge in [-0.3, -0.25) is 4.57 Å². The van der Waals surface area contributed by atoms with E-state index >= 15 is 0 Å². The van der Waals surface area contributed by atoms with E-state index in [-0.39, 0.29) is 0 Å². The van der Waals surface area contributed by atoms with Crippen molar-refractivity contribution in [1.29, 1.82) is 0 Å². The van der Waals surface area contributed by atoms with Crippen LogP contribution < -0.4 is 9.47 Å². The monoisotopic (exact) mass is 386 g/mol. The van der Waals surface area contributed by atoms with Crippen molar-refractivity contribution in [3.8, 4) is 28.6 Å². The van der Waals surface area contributed by atoms with Crippen molar-refractivity contribution in [2.24, 2.45) is 0 Å². The second-order valence-electron chi connectivity index (χ2n) is 5.58. The molecule has 0 aliphatic heterocycles. The molecule has 0 radical (unpaired) electrons. The van der Waals surface area contributed by atoms with Crippen LogP contribution in [0.3, 0.4) is 0 Å². The average molecular weight is 387 g/mol. The van der Waals surface area contributed by atoms with Crippen LogP contribution in [0.4, 0.5) is 0 Å². The van der Waals surface area contributed by atoms with Gasteiger partial charge in [0.15, 0.2) is 0 Å². The molecule has 0 unspecified atom stereocenters. The molecular weight excluding hydrogens is 368 g/mol. The van der Waals surface area contributed by atoms with E-state index < -0.39 is 0 Å². The van der Waals surface area contributed by atoms with Crippen molar-refractivity contribution in [2.45, 2.75) is 13.8 Å². The topological polar surface area (TPSA) is 36.3 Å². The molecule has 0 spiro atoms. The molecular formula is C19H19BrN2O2. The summed E-state index contributed by atoms with van der Waals surface area (Å²) in [5.74, 6) is 2.55. The second kappa shape index (κ2) is 6.69. The molecule has 0 saturated carbocycles. The van der Waals surface area contributed by atoms with Crippen LogP contribution in [0.15, 0.2) is 47.2 Å². The van der Waals surface area contributed by atoms with Gasteiger partial charge in [0.05, 0.1) is 24.4 Å². The summed E-state index contributed by atoms with van der Waals surface area (Å²) in [6.07, 6.45) is 3.80. The molecule has 5 heteroatoms. The molecule has 0 saturated heterocycles. The SMILES string of the molecule is COc1cc(C)c(-n2ccnc2-c2ccc(OC)c(Br)c2)c(C)c1. The predicted molar refractivity (Wildman–Crippen MR) is 99.3 cm³/mol. The zero-order chi connectivity index (χ0) is 17.3. The van der Waals surface area contributed by atoms with Gasteiger partial charge in [-0.05, 0) is 71.2 Å². The highest BCUT2D eigenvalue weighted by Crippen LogP contribution is 2.33. The fourth-order valence-corrected chi connectivity index (χ4v) is 3.46. The first-order valence-electron chi connectivity index (χ1n) is 7.58. The number of aryl methyl sites for hydroxylation is 2. The van der Waals surface area contributed by atoms with Gasteiger partial charge in [-0.1, -0.05) is 0 Å². The highest BCUT2D eigenvalue weighted by atomic mass is 79.9. The third-order valence-electron chi connectivity index (χ3n) is 3.99. The molecule has 0 bridgehead atoms. The Kier molecular flexibility index (Phi) is 4.62. The first-order chi connectivity index (χ1) is 11.5. The molecule has 0 fully saturated rings. The van der Waals surface area contributed by atoms with Crippen molar-refractivity contribution in [1.82, 2.24) is 9.55 Å². The van der Waals surface area contributed by atoms with Crippen molar-refractivity contribution in [3.63, 3.8) is 0 Å². The van der Waals surface area contributed by atoms with Crippen molar-refractivity contribution >= 4 is 15.9 Å². The maximum absolute atomic E-state index is 5.36. The number of hydrogen-bond donors (Lipinski definition) is 0. The Morgan fingerprint density at radius 1 is 1.00 bits per heavy atom. The highest BCUT2D eigenvalue weighted by molar-refractivity contribution is 9.10. The Morgan fingerprint density at radius 2 is 1.71 bits per heavy atom. The highest BCUT2D eigenvalue weighted by Gasteiger charge is 2.14. The standard InChI is InChI=1S/C19H19BrN2O2/c1-12-9-15(23-3)10-13(2)18(12)22-8-7-21-19(22)14-5-6-17(24-4)16(20)11-14/h5-11H,1-4H3. The maximum Gasteiger partial charge on any atom is 0.144 e. The summed E-state index contributed by atoms with van der Waals surface area (Å²) in [5.41, 5.74) is 4.41.